The van der Waals surface area contributed by atoms with E-state index in [1.165, 1.54) is 0 Å². The molecule has 3 rings (SSSR count). The molecular weight excluding hydrogens is 300 g/mol. The van der Waals surface area contributed by atoms with Crippen molar-refractivity contribution in [3.05, 3.63) is 29.8 Å². The molecule has 0 aliphatic carbocycles. The third kappa shape index (κ3) is 3.06. The predicted octanol–water partition coefficient (Wildman–Crippen LogP) is 2.05. The fraction of sp³-hybridized carbons (Fsp3) is 0.588. The molecule has 2 saturated heterocycles. The van der Waals surface area contributed by atoms with E-state index < -0.39 is 29.6 Å². The van der Waals surface area contributed by atoms with Crippen molar-refractivity contribution in [2.75, 3.05) is 13.7 Å². The van der Waals surface area contributed by atoms with E-state index in [2.05, 4.69) is 0 Å². The molecule has 0 bridgehead atoms. The lowest BCUT2D eigenvalue weighted by Gasteiger charge is -2.21. The smallest absolute Gasteiger partial charge is 0.341 e. The highest BCUT2D eigenvalue weighted by atomic mass is 16.8. The van der Waals surface area contributed by atoms with Crippen LogP contribution >= 0.6 is 0 Å². The minimum Gasteiger partial charge on any atom is -0.497 e. The first-order valence-electron chi connectivity index (χ1n) is 7.64. The van der Waals surface area contributed by atoms with E-state index in [4.69, 9.17) is 23.7 Å². The molecule has 2 heterocycles. The molecule has 1 aromatic carbocycles. The van der Waals surface area contributed by atoms with E-state index in [1.54, 1.807) is 27.9 Å². The van der Waals surface area contributed by atoms with Crippen molar-refractivity contribution in [3.8, 4) is 5.75 Å². The van der Waals surface area contributed by atoms with Gasteiger partial charge >= 0.3 is 5.97 Å². The maximum atomic E-state index is 12.1. The molecular formula is C17H22O6. The Kier molecular flexibility index (Phi) is 4.08. The van der Waals surface area contributed by atoms with Crippen LogP contribution in [0.5, 0.6) is 5.75 Å². The third-order valence-electron chi connectivity index (χ3n) is 4.12. The summed E-state index contributed by atoms with van der Waals surface area (Å²) < 4.78 is 27.7. The Labute approximate surface area is 135 Å². The van der Waals surface area contributed by atoms with E-state index in [-0.39, 0.29) is 6.61 Å². The van der Waals surface area contributed by atoms with Crippen LogP contribution in [0.3, 0.4) is 0 Å². The number of rotatable bonds is 5. The molecule has 126 valence electrons. The molecule has 6 nitrogen and oxygen atoms in total. The van der Waals surface area contributed by atoms with E-state index in [0.717, 1.165) is 11.3 Å². The molecule has 0 amide bonds. The van der Waals surface area contributed by atoms with Crippen molar-refractivity contribution in [2.45, 2.75) is 51.0 Å². The topological polar surface area (TPSA) is 63.2 Å². The van der Waals surface area contributed by atoms with Crippen LogP contribution in [0.4, 0.5) is 0 Å². The highest BCUT2D eigenvalue weighted by molar-refractivity contribution is 5.83. The van der Waals surface area contributed by atoms with Crippen molar-refractivity contribution in [2.24, 2.45) is 0 Å². The minimum atomic E-state index is -1.06. The summed E-state index contributed by atoms with van der Waals surface area (Å²) >= 11 is 0. The first kappa shape index (κ1) is 16.2. The van der Waals surface area contributed by atoms with Crippen molar-refractivity contribution < 1.29 is 28.5 Å². The molecule has 2 aliphatic rings. The normalized spacial score (nSPS) is 31.7. The zero-order valence-corrected chi connectivity index (χ0v) is 13.8. The Morgan fingerprint density at radius 3 is 2.52 bits per heavy atom. The Hall–Kier alpha value is -1.63. The van der Waals surface area contributed by atoms with Crippen LogP contribution in [-0.4, -0.2) is 43.3 Å². The van der Waals surface area contributed by atoms with Gasteiger partial charge in [0.15, 0.2) is 17.5 Å². The Morgan fingerprint density at radius 2 is 1.87 bits per heavy atom. The second kappa shape index (κ2) is 5.78. The van der Waals surface area contributed by atoms with Gasteiger partial charge in [-0.15, -0.1) is 0 Å². The summed E-state index contributed by atoms with van der Waals surface area (Å²) in [4.78, 5) is 12.1. The van der Waals surface area contributed by atoms with Crippen molar-refractivity contribution in [1.29, 1.82) is 0 Å². The molecule has 2 aliphatic heterocycles. The lowest BCUT2D eigenvalue weighted by Crippen LogP contribution is -2.41. The Morgan fingerprint density at radius 1 is 1.17 bits per heavy atom. The molecule has 0 aromatic heterocycles. The first-order chi connectivity index (χ1) is 10.8. The minimum absolute atomic E-state index is 0.261. The summed E-state index contributed by atoms with van der Waals surface area (Å²) in [5, 5.41) is 0. The largest absolute Gasteiger partial charge is 0.497 e. The van der Waals surface area contributed by atoms with Gasteiger partial charge in [0.05, 0.1) is 20.3 Å². The van der Waals surface area contributed by atoms with Gasteiger partial charge in [-0.3, -0.25) is 0 Å². The molecule has 23 heavy (non-hydrogen) atoms. The van der Waals surface area contributed by atoms with Crippen LogP contribution in [0.15, 0.2) is 24.3 Å². The first-order valence-corrected chi connectivity index (χ1v) is 7.64. The van der Waals surface area contributed by atoms with Crippen molar-refractivity contribution in [1.82, 2.24) is 0 Å². The van der Waals surface area contributed by atoms with E-state index in [0.29, 0.717) is 6.61 Å². The average molecular weight is 322 g/mol. The second-order valence-corrected chi connectivity index (χ2v) is 6.45. The second-order valence-electron chi connectivity index (χ2n) is 6.45. The standard InChI is InChI=1S/C17H22O6/c1-16(2)22-14-13(21-15(18)17(14,3)23-16)10-20-9-11-5-7-12(19-4)8-6-11/h5-8,13-14H,9-10H2,1-4H3/t13-,14-,17-/m1/s1. The number of ether oxygens (including phenoxy) is 5. The summed E-state index contributed by atoms with van der Waals surface area (Å²) in [5.41, 5.74) is -0.0423. The van der Waals surface area contributed by atoms with E-state index >= 15 is 0 Å². The summed E-state index contributed by atoms with van der Waals surface area (Å²) in [6.07, 6.45) is -0.923. The van der Waals surface area contributed by atoms with Gasteiger partial charge in [-0.25, -0.2) is 4.79 Å². The lowest BCUT2D eigenvalue weighted by atomic mass is 9.99. The number of carbonyl (C=O) groups excluding carboxylic acids is 1. The van der Waals surface area contributed by atoms with Gasteiger partial charge in [0.25, 0.3) is 0 Å². The molecule has 0 spiro atoms. The highest BCUT2D eigenvalue weighted by Gasteiger charge is 2.64. The monoisotopic (exact) mass is 322 g/mol. The quantitative estimate of drug-likeness (QED) is 0.773. The number of fused-ring (bicyclic) bond motifs is 1. The number of hydrogen-bond acceptors (Lipinski definition) is 6. The number of esters is 1. The van der Waals surface area contributed by atoms with Crippen LogP contribution < -0.4 is 4.74 Å². The maximum Gasteiger partial charge on any atom is 0.341 e. The number of benzene rings is 1. The summed E-state index contributed by atoms with van der Waals surface area (Å²) in [7, 11) is 1.63. The van der Waals surface area contributed by atoms with Gasteiger partial charge in [-0.2, -0.15) is 0 Å². The fourth-order valence-corrected chi connectivity index (χ4v) is 3.05. The molecule has 0 radical (unpaired) electrons. The van der Waals surface area contributed by atoms with Gasteiger partial charge < -0.3 is 23.7 Å². The molecule has 6 heteroatoms. The Balaban J connectivity index is 1.57. The van der Waals surface area contributed by atoms with Gasteiger partial charge in [-0.1, -0.05) is 12.1 Å². The van der Waals surface area contributed by atoms with Crippen LogP contribution in [0.1, 0.15) is 26.3 Å². The fourth-order valence-electron chi connectivity index (χ4n) is 3.05. The molecule has 0 saturated carbocycles. The van der Waals surface area contributed by atoms with Crippen LogP contribution in [0.25, 0.3) is 0 Å². The molecule has 0 N–H and O–H groups in total. The predicted molar refractivity (Wildman–Crippen MR) is 81.0 cm³/mol. The van der Waals surface area contributed by atoms with Gasteiger partial charge in [-0.05, 0) is 38.5 Å². The molecule has 1 aromatic rings. The number of methoxy groups -OCH3 is 1. The van der Waals surface area contributed by atoms with Gasteiger partial charge in [0, 0.05) is 0 Å². The molecule has 2 fully saturated rings. The zero-order chi connectivity index (χ0) is 16.7. The van der Waals surface area contributed by atoms with Crippen LogP contribution in [-0.2, 0) is 30.3 Å². The van der Waals surface area contributed by atoms with Crippen molar-refractivity contribution >= 4 is 5.97 Å². The van der Waals surface area contributed by atoms with Gasteiger partial charge in [0.2, 0.25) is 0 Å². The number of cyclic esters (lactones) is 1. The SMILES string of the molecule is COc1ccc(COC[C@H]2OC(=O)[C@]3(C)OC(C)(C)O[C@H]23)cc1. The van der Waals surface area contributed by atoms with Gasteiger partial charge in [0.1, 0.15) is 11.9 Å². The van der Waals surface area contributed by atoms with Crippen LogP contribution in [0.2, 0.25) is 0 Å². The number of carbonyl (C=O) groups is 1. The van der Waals surface area contributed by atoms with E-state index in [9.17, 15) is 4.79 Å². The highest BCUT2D eigenvalue weighted by Crippen LogP contribution is 2.43. The van der Waals surface area contributed by atoms with Crippen LogP contribution in [0, 0.1) is 0 Å². The Bertz CT molecular complexity index is 581. The molecule has 3 atom stereocenters. The van der Waals surface area contributed by atoms with E-state index in [1.807, 2.05) is 24.3 Å². The lowest BCUT2D eigenvalue weighted by molar-refractivity contribution is -0.199. The van der Waals surface area contributed by atoms with Crippen molar-refractivity contribution in [3.63, 3.8) is 0 Å². The summed E-state index contributed by atoms with van der Waals surface area (Å²) in [6.45, 7) is 5.97. The molecule has 0 unspecified atom stereocenters. The third-order valence-corrected chi connectivity index (χ3v) is 4.12. The zero-order valence-electron chi connectivity index (χ0n) is 13.8. The summed E-state index contributed by atoms with van der Waals surface area (Å²) in [6, 6.07) is 7.62. The summed E-state index contributed by atoms with van der Waals surface area (Å²) in [5.74, 6) is -0.397. The maximum absolute atomic E-state index is 12.1. The average Bonchev–Trinajstić information content (AvgIpc) is 2.88. The number of hydrogen-bond donors (Lipinski definition) is 0.